The summed E-state index contributed by atoms with van der Waals surface area (Å²) >= 11 is 0. The third-order valence-corrected chi connectivity index (χ3v) is 4.19. The number of amides is 1. The van der Waals surface area contributed by atoms with Crippen molar-refractivity contribution >= 4 is 12.2 Å². The van der Waals surface area contributed by atoms with Gasteiger partial charge in [0.15, 0.2) is 11.3 Å². The molecule has 3 rings (SSSR count). The van der Waals surface area contributed by atoms with Gasteiger partial charge in [-0.1, -0.05) is 0 Å². The lowest BCUT2D eigenvalue weighted by Crippen LogP contribution is -2.43. The van der Waals surface area contributed by atoms with Crippen molar-refractivity contribution in [1.29, 1.82) is 0 Å². The highest BCUT2D eigenvalue weighted by Crippen LogP contribution is 2.24. The molecule has 35 heavy (non-hydrogen) atoms. The molecule has 0 fully saturated rings. The first kappa shape index (κ1) is 25.0. The van der Waals surface area contributed by atoms with Gasteiger partial charge >= 0.3 is 24.2 Å². The number of ether oxygens (including phenoxy) is 4. The van der Waals surface area contributed by atoms with E-state index in [0.29, 0.717) is 21.1 Å². The largest absolute Gasteiger partial charge is 0.573 e. The standard InChI is InChI=1S/C21H15F4N3O7/c1-27-17(26-18(29)33-13-7-9-15(10-8-13)35-21(23,24)25)16(22)11-28(19(27)30)20(31)34-14-5-3-12(32-2)4-6-14/h3-11H,1-2H3/b26-17-. The molecule has 184 valence electrons. The van der Waals surface area contributed by atoms with Crippen LogP contribution in [0.5, 0.6) is 23.0 Å². The number of hydrogen-bond donors (Lipinski definition) is 0. The second-order valence-corrected chi connectivity index (χ2v) is 6.55. The number of hydrogen-bond acceptors (Lipinski definition) is 7. The van der Waals surface area contributed by atoms with Gasteiger partial charge < -0.3 is 18.9 Å². The monoisotopic (exact) mass is 497 g/mol. The molecule has 1 aromatic heterocycles. The maximum Gasteiger partial charge on any atom is 0.573 e. The smallest absolute Gasteiger partial charge is 0.497 e. The Morgan fingerprint density at radius 1 is 0.886 bits per heavy atom. The van der Waals surface area contributed by atoms with Crippen molar-refractivity contribution in [3.63, 3.8) is 0 Å². The lowest BCUT2D eigenvalue weighted by Gasteiger charge is -2.09. The molecule has 0 radical (unpaired) electrons. The molecule has 1 heterocycles. The third-order valence-electron chi connectivity index (χ3n) is 4.19. The van der Waals surface area contributed by atoms with Crippen LogP contribution in [0.2, 0.25) is 0 Å². The molecule has 0 N–H and O–H groups in total. The summed E-state index contributed by atoms with van der Waals surface area (Å²) in [5, 5.41) is 0. The summed E-state index contributed by atoms with van der Waals surface area (Å²) in [7, 11) is 2.48. The number of aromatic nitrogens is 2. The van der Waals surface area contributed by atoms with Gasteiger partial charge in [-0.05, 0) is 48.5 Å². The molecule has 1 amide bonds. The second kappa shape index (κ2) is 10.1. The van der Waals surface area contributed by atoms with Crippen LogP contribution in [-0.4, -0.2) is 34.8 Å². The van der Waals surface area contributed by atoms with E-state index in [1.807, 2.05) is 0 Å². The number of nitrogens with zero attached hydrogens (tertiary/aromatic N) is 3. The quantitative estimate of drug-likeness (QED) is 0.509. The molecule has 14 heteroatoms. The second-order valence-electron chi connectivity index (χ2n) is 6.55. The third kappa shape index (κ3) is 6.46. The summed E-state index contributed by atoms with van der Waals surface area (Å²) in [6.45, 7) is 0. The highest BCUT2D eigenvalue weighted by Gasteiger charge is 2.31. The predicted molar refractivity (Wildman–Crippen MR) is 109 cm³/mol. The Labute approximate surface area is 193 Å². The fourth-order valence-electron chi connectivity index (χ4n) is 2.61. The first-order valence-electron chi connectivity index (χ1n) is 9.43. The van der Waals surface area contributed by atoms with Crippen LogP contribution < -0.4 is 30.1 Å². The van der Waals surface area contributed by atoms with Crippen LogP contribution in [-0.2, 0) is 7.05 Å². The first-order chi connectivity index (χ1) is 16.5. The summed E-state index contributed by atoms with van der Waals surface area (Å²) in [6.07, 6.45) is -7.04. The molecule has 0 saturated heterocycles. The van der Waals surface area contributed by atoms with Gasteiger partial charge in [0, 0.05) is 7.05 Å². The lowest BCUT2D eigenvalue weighted by atomic mass is 10.3. The maximum atomic E-state index is 14.6. The minimum atomic E-state index is -4.90. The van der Waals surface area contributed by atoms with Gasteiger partial charge in [-0.3, -0.25) is 4.57 Å². The van der Waals surface area contributed by atoms with E-state index in [9.17, 15) is 31.9 Å². The zero-order chi connectivity index (χ0) is 25.8. The van der Waals surface area contributed by atoms with Crippen LogP contribution in [0.3, 0.4) is 0 Å². The molecule has 0 bridgehead atoms. The SMILES string of the molecule is COc1ccc(OC(=O)n2cc(F)/c(=N/C(=O)Oc3ccc(OC(F)(F)F)cc3)n(C)c2=O)cc1. The Kier molecular flexibility index (Phi) is 7.22. The van der Waals surface area contributed by atoms with E-state index in [1.165, 1.54) is 31.4 Å². The van der Waals surface area contributed by atoms with Gasteiger partial charge in [0.1, 0.15) is 23.0 Å². The van der Waals surface area contributed by atoms with E-state index in [2.05, 4.69) is 9.73 Å². The molecular weight excluding hydrogens is 482 g/mol. The molecule has 0 saturated carbocycles. The predicted octanol–water partition coefficient (Wildman–Crippen LogP) is 3.38. The number of rotatable bonds is 4. The Hall–Kier alpha value is -4.62. The first-order valence-corrected chi connectivity index (χ1v) is 9.43. The molecule has 0 unspecified atom stereocenters. The fraction of sp³-hybridized carbons (Fsp3) is 0.143. The fourth-order valence-corrected chi connectivity index (χ4v) is 2.61. The van der Waals surface area contributed by atoms with Crippen LogP contribution in [0.4, 0.5) is 27.2 Å². The molecular formula is C21H15F4N3O7. The van der Waals surface area contributed by atoms with E-state index in [1.54, 1.807) is 0 Å². The van der Waals surface area contributed by atoms with Crippen LogP contribution in [0.15, 0.2) is 64.5 Å². The van der Waals surface area contributed by atoms with E-state index in [0.717, 1.165) is 31.3 Å². The van der Waals surface area contributed by atoms with Crippen molar-refractivity contribution < 1.29 is 46.1 Å². The van der Waals surface area contributed by atoms with Crippen LogP contribution in [0.25, 0.3) is 0 Å². The molecule has 0 spiro atoms. The average Bonchev–Trinajstić information content (AvgIpc) is 2.80. The highest BCUT2D eigenvalue weighted by atomic mass is 19.4. The molecule has 0 aliphatic heterocycles. The molecule has 0 aliphatic rings. The van der Waals surface area contributed by atoms with Gasteiger partial charge in [-0.2, -0.15) is 9.56 Å². The van der Waals surface area contributed by atoms with Gasteiger partial charge in [-0.15, -0.1) is 13.2 Å². The van der Waals surface area contributed by atoms with Crippen molar-refractivity contribution in [3.8, 4) is 23.0 Å². The van der Waals surface area contributed by atoms with Crippen molar-refractivity contribution in [2.24, 2.45) is 12.0 Å². The molecule has 0 aliphatic carbocycles. The van der Waals surface area contributed by atoms with Gasteiger partial charge in [0.2, 0.25) is 0 Å². The van der Waals surface area contributed by atoms with Crippen molar-refractivity contribution in [3.05, 3.63) is 76.5 Å². The molecule has 3 aromatic rings. The van der Waals surface area contributed by atoms with Crippen molar-refractivity contribution in [2.75, 3.05) is 7.11 Å². The molecule has 0 atom stereocenters. The zero-order valence-corrected chi connectivity index (χ0v) is 17.9. The Morgan fingerprint density at radius 2 is 1.40 bits per heavy atom. The van der Waals surface area contributed by atoms with Crippen LogP contribution in [0.1, 0.15) is 0 Å². The van der Waals surface area contributed by atoms with Crippen LogP contribution >= 0.6 is 0 Å². The van der Waals surface area contributed by atoms with Gasteiger partial charge in [-0.25, -0.2) is 18.8 Å². The van der Waals surface area contributed by atoms with E-state index >= 15 is 0 Å². The van der Waals surface area contributed by atoms with Gasteiger partial charge in [0.25, 0.3) is 0 Å². The topological polar surface area (TPSA) is 110 Å². The van der Waals surface area contributed by atoms with Crippen molar-refractivity contribution in [2.45, 2.75) is 6.36 Å². The van der Waals surface area contributed by atoms with E-state index in [4.69, 9.17) is 14.2 Å². The number of carbonyl (C=O) groups is 2. The average molecular weight is 497 g/mol. The summed E-state index contributed by atoms with van der Waals surface area (Å²) in [5.41, 5.74) is -1.87. The minimum Gasteiger partial charge on any atom is -0.497 e. The number of benzene rings is 2. The van der Waals surface area contributed by atoms with E-state index < -0.39 is 41.3 Å². The lowest BCUT2D eigenvalue weighted by molar-refractivity contribution is -0.274. The maximum absolute atomic E-state index is 14.6. The number of halogens is 4. The summed E-state index contributed by atoms with van der Waals surface area (Å²) < 4.78 is 70.5. The normalized spacial score (nSPS) is 11.7. The molecule has 10 nitrogen and oxygen atoms in total. The highest BCUT2D eigenvalue weighted by molar-refractivity contribution is 5.73. The van der Waals surface area contributed by atoms with Crippen LogP contribution in [0, 0.1) is 5.82 Å². The number of methoxy groups -OCH3 is 1. The Balaban J connectivity index is 1.79. The van der Waals surface area contributed by atoms with Gasteiger partial charge in [0.05, 0.1) is 13.3 Å². The zero-order valence-electron chi connectivity index (χ0n) is 17.9. The Morgan fingerprint density at radius 3 is 1.94 bits per heavy atom. The van der Waals surface area contributed by atoms with E-state index in [-0.39, 0.29) is 11.5 Å². The minimum absolute atomic E-state index is 0.0507. The number of alkyl halides is 3. The number of carbonyl (C=O) groups excluding carboxylic acids is 2. The summed E-state index contributed by atoms with van der Waals surface area (Å²) in [4.78, 5) is 40.2. The molecule has 2 aromatic carbocycles. The summed E-state index contributed by atoms with van der Waals surface area (Å²) in [5.74, 6) is -1.49. The van der Waals surface area contributed by atoms with Crippen molar-refractivity contribution in [1.82, 2.24) is 9.13 Å². The Bertz CT molecular complexity index is 1360. The summed E-state index contributed by atoms with van der Waals surface area (Å²) in [6, 6.07) is 9.50.